The van der Waals surface area contributed by atoms with Crippen molar-refractivity contribution < 1.29 is 14.3 Å². The Bertz CT molecular complexity index is 474. The lowest BCUT2D eigenvalue weighted by Crippen LogP contribution is -2.44. The Kier molecular flexibility index (Phi) is 3.32. The molecule has 0 radical (unpaired) electrons. The highest BCUT2D eigenvalue weighted by Crippen LogP contribution is 2.40. The number of amides is 1. The number of methoxy groups -OCH3 is 2. The standard InChI is InChI=1S/C13H18N2O3/c1-5-8-13(16)15(2)10-7-12(18-4)11(17-3)6-9(10)14-8/h6-8,14H,5H2,1-4H3. The van der Waals surface area contributed by atoms with E-state index in [1.165, 1.54) is 0 Å². The third-order valence-corrected chi connectivity index (χ3v) is 3.23. The first-order valence-corrected chi connectivity index (χ1v) is 5.92. The summed E-state index contributed by atoms with van der Waals surface area (Å²) in [5, 5.41) is 3.23. The number of fused-ring (bicyclic) bond motifs is 1. The molecule has 1 heterocycles. The van der Waals surface area contributed by atoms with Crippen LogP contribution in [0.3, 0.4) is 0 Å². The van der Waals surface area contributed by atoms with Gasteiger partial charge in [0.25, 0.3) is 0 Å². The molecule has 1 aromatic carbocycles. The molecule has 1 aliphatic rings. The van der Waals surface area contributed by atoms with Crippen molar-refractivity contribution in [3.05, 3.63) is 12.1 Å². The quantitative estimate of drug-likeness (QED) is 0.889. The monoisotopic (exact) mass is 250 g/mol. The number of carbonyl (C=O) groups excluding carboxylic acids is 1. The van der Waals surface area contributed by atoms with Crippen molar-refractivity contribution in [3.63, 3.8) is 0 Å². The maximum absolute atomic E-state index is 12.1. The molecule has 1 amide bonds. The minimum atomic E-state index is -0.180. The van der Waals surface area contributed by atoms with Gasteiger partial charge in [0.15, 0.2) is 11.5 Å². The molecule has 18 heavy (non-hydrogen) atoms. The second kappa shape index (κ2) is 4.76. The van der Waals surface area contributed by atoms with E-state index in [2.05, 4.69) is 5.32 Å². The summed E-state index contributed by atoms with van der Waals surface area (Å²) in [6.45, 7) is 1.98. The van der Waals surface area contributed by atoms with Gasteiger partial charge in [-0.15, -0.1) is 0 Å². The van der Waals surface area contributed by atoms with Crippen molar-refractivity contribution >= 4 is 17.3 Å². The fourth-order valence-electron chi connectivity index (χ4n) is 2.14. The van der Waals surface area contributed by atoms with Gasteiger partial charge in [-0.25, -0.2) is 0 Å². The molecule has 1 N–H and O–H groups in total. The molecule has 0 bridgehead atoms. The SMILES string of the molecule is CCC1Nc2cc(OC)c(OC)cc2N(C)C1=O. The number of nitrogens with zero attached hydrogens (tertiary/aromatic N) is 1. The molecule has 5 nitrogen and oxygen atoms in total. The van der Waals surface area contributed by atoms with E-state index in [1.807, 2.05) is 19.1 Å². The van der Waals surface area contributed by atoms with E-state index in [0.717, 1.165) is 17.8 Å². The molecule has 1 aliphatic heterocycles. The van der Waals surface area contributed by atoms with Crippen LogP contribution in [-0.4, -0.2) is 33.2 Å². The highest BCUT2D eigenvalue weighted by molar-refractivity contribution is 6.05. The second-order valence-electron chi connectivity index (χ2n) is 4.23. The molecule has 0 fully saturated rings. The molecule has 1 atom stereocenters. The van der Waals surface area contributed by atoms with Crippen LogP contribution >= 0.6 is 0 Å². The molecule has 2 rings (SSSR count). The highest BCUT2D eigenvalue weighted by Gasteiger charge is 2.30. The van der Waals surface area contributed by atoms with Gasteiger partial charge in [-0.1, -0.05) is 6.92 Å². The number of hydrogen-bond acceptors (Lipinski definition) is 4. The fourth-order valence-corrected chi connectivity index (χ4v) is 2.14. The summed E-state index contributed by atoms with van der Waals surface area (Å²) in [7, 11) is 4.95. The van der Waals surface area contributed by atoms with Gasteiger partial charge < -0.3 is 19.7 Å². The Morgan fingerprint density at radius 3 is 2.44 bits per heavy atom. The van der Waals surface area contributed by atoms with Gasteiger partial charge in [0.05, 0.1) is 25.6 Å². The van der Waals surface area contributed by atoms with Crippen LogP contribution in [0.2, 0.25) is 0 Å². The zero-order valence-electron chi connectivity index (χ0n) is 11.1. The molecule has 0 aromatic heterocycles. The Morgan fingerprint density at radius 2 is 1.89 bits per heavy atom. The minimum Gasteiger partial charge on any atom is -0.493 e. The van der Waals surface area contributed by atoms with E-state index in [4.69, 9.17) is 9.47 Å². The summed E-state index contributed by atoms with van der Waals surface area (Å²) in [5.74, 6) is 1.34. The van der Waals surface area contributed by atoms with Gasteiger partial charge in [0.2, 0.25) is 5.91 Å². The van der Waals surface area contributed by atoms with E-state index in [1.54, 1.807) is 26.2 Å². The zero-order chi connectivity index (χ0) is 13.3. The first-order valence-electron chi connectivity index (χ1n) is 5.92. The smallest absolute Gasteiger partial charge is 0.249 e. The first-order chi connectivity index (χ1) is 8.62. The molecular weight excluding hydrogens is 232 g/mol. The average molecular weight is 250 g/mol. The van der Waals surface area contributed by atoms with Gasteiger partial charge in [-0.05, 0) is 6.42 Å². The number of hydrogen-bond donors (Lipinski definition) is 1. The number of likely N-dealkylation sites (N-methyl/N-ethyl adjacent to an activating group) is 1. The molecule has 0 saturated heterocycles. The van der Waals surface area contributed by atoms with E-state index in [-0.39, 0.29) is 11.9 Å². The molecule has 0 spiro atoms. The fraction of sp³-hybridized carbons (Fsp3) is 0.462. The van der Waals surface area contributed by atoms with Crippen LogP contribution in [-0.2, 0) is 4.79 Å². The topological polar surface area (TPSA) is 50.8 Å². The maximum Gasteiger partial charge on any atom is 0.249 e. The van der Waals surface area contributed by atoms with Crippen LogP contribution in [0, 0.1) is 0 Å². The van der Waals surface area contributed by atoms with Crippen LogP contribution in [0.4, 0.5) is 11.4 Å². The predicted molar refractivity (Wildman–Crippen MR) is 70.7 cm³/mol. The number of anilines is 2. The summed E-state index contributed by atoms with van der Waals surface area (Å²) < 4.78 is 10.5. The lowest BCUT2D eigenvalue weighted by molar-refractivity contribution is -0.119. The minimum absolute atomic E-state index is 0.0669. The van der Waals surface area contributed by atoms with Gasteiger partial charge in [-0.2, -0.15) is 0 Å². The van der Waals surface area contributed by atoms with Crippen LogP contribution < -0.4 is 19.7 Å². The summed E-state index contributed by atoms with van der Waals surface area (Å²) in [4.78, 5) is 13.7. The Labute approximate surface area is 107 Å². The lowest BCUT2D eigenvalue weighted by atomic mass is 10.1. The normalized spacial score (nSPS) is 18.1. The van der Waals surface area contributed by atoms with Crippen molar-refractivity contribution in [1.29, 1.82) is 0 Å². The molecule has 98 valence electrons. The van der Waals surface area contributed by atoms with Crippen molar-refractivity contribution in [3.8, 4) is 11.5 Å². The van der Waals surface area contributed by atoms with E-state index >= 15 is 0 Å². The third kappa shape index (κ3) is 1.85. The average Bonchev–Trinajstić information content (AvgIpc) is 2.41. The highest BCUT2D eigenvalue weighted by atomic mass is 16.5. The summed E-state index contributed by atoms with van der Waals surface area (Å²) in [5.41, 5.74) is 1.70. The van der Waals surface area contributed by atoms with Crippen LogP contribution in [0.5, 0.6) is 11.5 Å². The Morgan fingerprint density at radius 1 is 1.28 bits per heavy atom. The summed E-state index contributed by atoms with van der Waals surface area (Å²) in [6, 6.07) is 3.49. The molecule has 1 unspecified atom stereocenters. The van der Waals surface area contributed by atoms with Gasteiger partial charge >= 0.3 is 0 Å². The van der Waals surface area contributed by atoms with Gasteiger partial charge in [0, 0.05) is 19.2 Å². The lowest BCUT2D eigenvalue weighted by Gasteiger charge is -2.33. The van der Waals surface area contributed by atoms with Gasteiger partial charge in [-0.3, -0.25) is 4.79 Å². The van der Waals surface area contributed by atoms with Crippen molar-refractivity contribution in [2.75, 3.05) is 31.5 Å². The van der Waals surface area contributed by atoms with Crippen molar-refractivity contribution in [2.45, 2.75) is 19.4 Å². The maximum atomic E-state index is 12.1. The number of nitrogens with one attached hydrogen (secondary N) is 1. The van der Waals surface area contributed by atoms with Crippen molar-refractivity contribution in [1.82, 2.24) is 0 Å². The van der Waals surface area contributed by atoms with Crippen LogP contribution in [0.25, 0.3) is 0 Å². The number of rotatable bonds is 3. The predicted octanol–water partition coefficient (Wildman–Crippen LogP) is 1.87. The number of benzene rings is 1. The number of ether oxygens (including phenoxy) is 2. The van der Waals surface area contributed by atoms with Crippen LogP contribution in [0.1, 0.15) is 13.3 Å². The van der Waals surface area contributed by atoms with Gasteiger partial charge in [0.1, 0.15) is 6.04 Å². The summed E-state index contributed by atoms with van der Waals surface area (Å²) in [6.07, 6.45) is 0.747. The van der Waals surface area contributed by atoms with Crippen LogP contribution in [0.15, 0.2) is 12.1 Å². The Balaban J connectivity index is 2.50. The molecular formula is C13H18N2O3. The largest absolute Gasteiger partial charge is 0.493 e. The molecule has 0 saturated carbocycles. The second-order valence-corrected chi connectivity index (χ2v) is 4.23. The third-order valence-electron chi connectivity index (χ3n) is 3.23. The molecule has 0 aliphatic carbocycles. The van der Waals surface area contributed by atoms with E-state index in [9.17, 15) is 4.79 Å². The van der Waals surface area contributed by atoms with E-state index in [0.29, 0.717) is 11.5 Å². The zero-order valence-corrected chi connectivity index (χ0v) is 11.1. The molecule has 5 heteroatoms. The van der Waals surface area contributed by atoms with E-state index < -0.39 is 0 Å². The van der Waals surface area contributed by atoms with Crippen molar-refractivity contribution in [2.24, 2.45) is 0 Å². The Hall–Kier alpha value is -1.91. The molecule has 1 aromatic rings. The summed E-state index contributed by atoms with van der Waals surface area (Å²) >= 11 is 0. The number of carbonyl (C=O) groups is 1. The first kappa shape index (κ1) is 12.5.